The highest BCUT2D eigenvalue weighted by molar-refractivity contribution is 9.10. The van der Waals surface area contributed by atoms with E-state index in [-0.39, 0.29) is 4.90 Å². The zero-order valence-corrected chi connectivity index (χ0v) is 14.1. The first-order valence-corrected chi connectivity index (χ1v) is 8.55. The standard InChI is InChI=1S/C14H16BrN3O2S/c1-9-3-4-13(6-11(9)7-16)21(19,20)18-14-10(2)5-12(15)8-17-14/h3-6,8H,7,16H2,1-2H3,(H,17,18). The zero-order valence-electron chi connectivity index (χ0n) is 11.7. The monoisotopic (exact) mass is 369 g/mol. The summed E-state index contributed by atoms with van der Waals surface area (Å²) in [6.07, 6.45) is 1.55. The Morgan fingerprint density at radius 1 is 1.24 bits per heavy atom. The summed E-state index contributed by atoms with van der Waals surface area (Å²) in [6, 6.07) is 6.70. The number of pyridine rings is 1. The molecule has 0 aliphatic rings. The Kier molecular flexibility index (Phi) is 4.65. The summed E-state index contributed by atoms with van der Waals surface area (Å²) >= 11 is 3.29. The molecule has 0 saturated heterocycles. The molecule has 0 bridgehead atoms. The van der Waals surface area contributed by atoms with Gasteiger partial charge in [0.25, 0.3) is 10.0 Å². The van der Waals surface area contributed by atoms with Crippen LogP contribution in [-0.2, 0) is 16.6 Å². The van der Waals surface area contributed by atoms with Crippen molar-refractivity contribution in [3.63, 3.8) is 0 Å². The summed E-state index contributed by atoms with van der Waals surface area (Å²) in [5.74, 6) is 0.313. The molecule has 0 amide bonds. The smallest absolute Gasteiger partial charge is 0.263 e. The molecular weight excluding hydrogens is 354 g/mol. The Balaban J connectivity index is 2.38. The van der Waals surface area contributed by atoms with Gasteiger partial charge >= 0.3 is 0 Å². The second kappa shape index (κ2) is 6.13. The number of nitrogens with zero attached hydrogens (tertiary/aromatic N) is 1. The highest BCUT2D eigenvalue weighted by Crippen LogP contribution is 2.21. The normalized spacial score (nSPS) is 11.4. The maximum absolute atomic E-state index is 12.4. The molecule has 2 aromatic rings. The van der Waals surface area contributed by atoms with Gasteiger partial charge < -0.3 is 5.73 Å². The van der Waals surface area contributed by atoms with Crippen molar-refractivity contribution in [3.05, 3.63) is 51.6 Å². The lowest BCUT2D eigenvalue weighted by Gasteiger charge is -2.11. The lowest BCUT2D eigenvalue weighted by molar-refractivity contribution is 0.601. The number of rotatable bonds is 4. The maximum Gasteiger partial charge on any atom is 0.263 e. The van der Waals surface area contributed by atoms with Gasteiger partial charge in [0.05, 0.1) is 4.90 Å². The van der Waals surface area contributed by atoms with Gasteiger partial charge in [0, 0.05) is 17.2 Å². The van der Waals surface area contributed by atoms with E-state index in [2.05, 4.69) is 25.6 Å². The molecule has 0 aliphatic carbocycles. The van der Waals surface area contributed by atoms with Crippen LogP contribution in [0.25, 0.3) is 0 Å². The minimum absolute atomic E-state index is 0.178. The lowest BCUT2D eigenvalue weighted by atomic mass is 10.1. The van der Waals surface area contributed by atoms with Crippen molar-refractivity contribution >= 4 is 31.8 Å². The fourth-order valence-electron chi connectivity index (χ4n) is 1.87. The van der Waals surface area contributed by atoms with Gasteiger partial charge in [-0.05, 0) is 64.7 Å². The largest absolute Gasteiger partial charge is 0.326 e. The van der Waals surface area contributed by atoms with E-state index in [1.54, 1.807) is 37.4 Å². The van der Waals surface area contributed by atoms with E-state index < -0.39 is 10.0 Å². The molecule has 1 aromatic heterocycles. The number of anilines is 1. The van der Waals surface area contributed by atoms with Crippen LogP contribution in [0.2, 0.25) is 0 Å². The van der Waals surface area contributed by atoms with Crippen LogP contribution in [0.5, 0.6) is 0 Å². The summed E-state index contributed by atoms with van der Waals surface area (Å²) in [6.45, 7) is 3.98. The van der Waals surface area contributed by atoms with Gasteiger partial charge in [0.15, 0.2) is 0 Å². The first kappa shape index (κ1) is 15.9. The van der Waals surface area contributed by atoms with Crippen LogP contribution in [0, 0.1) is 13.8 Å². The van der Waals surface area contributed by atoms with E-state index in [1.165, 1.54) is 0 Å². The molecule has 21 heavy (non-hydrogen) atoms. The Bertz CT molecular complexity index is 776. The fraction of sp³-hybridized carbons (Fsp3) is 0.214. The molecule has 0 atom stereocenters. The summed E-state index contributed by atoms with van der Waals surface area (Å²) in [4.78, 5) is 4.27. The van der Waals surface area contributed by atoms with Crippen molar-refractivity contribution in [1.82, 2.24) is 4.98 Å². The molecule has 112 valence electrons. The van der Waals surface area contributed by atoms with Gasteiger partial charge in [-0.1, -0.05) is 6.07 Å². The first-order chi connectivity index (χ1) is 9.83. The summed E-state index contributed by atoms with van der Waals surface area (Å²) in [5.41, 5.74) is 8.13. The second-order valence-electron chi connectivity index (χ2n) is 4.72. The van der Waals surface area contributed by atoms with Crippen molar-refractivity contribution in [3.8, 4) is 0 Å². The number of halogens is 1. The molecule has 7 heteroatoms. The van der Waals surface area contributed by atoms with Crippen molar-refractivity contribution < 1.29 is 8.42 Å². The SMILES string of the molecule is Cc1ccc(S(=O)(=O)Nc2ncc(Br)cc2C)cc1CN. The molecule has 0 fully saturated rings. The van der Waals surface area contributed by atoms with Gasteiger partial charge in [0.2, 0.25) is 0 Å². The van der Waals surface area contributed by atoms with Gasteiger partial charge in [-0.25, -0.2) is 13.4 Å². The molecule has 1 aromatic carbocycles. The van der Waals surface area contributed by atoms with Crippen LogP contribution in [0.1, 0.15) is 16.7 Å². The minimum atomic E-state index is -3.68. The third-order valence-corrected chi connectivity index (χ3v) is 4.90. The van der Waals surface area contributed by atoms with Crippen molar-refractivity contribution in [2.75, 3.05) is 4.72 Å². The van der Waals surface area contributed by atoms with Crippen LogP contribution >= 0.6 is 15.9 Å². The minimum Gasteiger partial charge on any atom is -0.326 e. The van der Waals surface area contributed by atoms with E-state index >= 15 is 0 Å². The summed E-state index contributed by atoms with van der Waals surface area (Å²) in [5, 5.41) is 0. The molecule has 2 rings (SSSR count). The average Bonchev–Trinajstić information content (AvgIpc) is 2.42. The molecule has 0 unspecified atom stereocenters. The highest BCUT2D eigenvalue weighted by atomic mass is 79.9. The molecule has 0 radical (unpaired) electrons. The molecule has 1 heterocycles. The highest BCUT2D eigenvalue weighted by Gasteiger charge is 2.17. The number of aryl methyl sites for hydroxylation is 2. The molecule has 0 spiro atoms. The van der Waals surface area contributed by atoms with Gasteiger partial charge in [-0.15, -0.1) is 0 Å². The predicted octanol–water partition coefficient (Wildman–Crippen LogP) is 2.72. The predicted molar refractivity (Wildman–Crippen MR) is 86.6 cm³/mol. The average molecular weight is 370 g/mol. The number of nitrogens with two attached hydrogens (primary N) is 1. The van der Waals surface area contributed by atoms with Crippen molar-refractivity contribution in [2.45, 2.75) is 25.3 Å². The summed E-state index contributed by atoms with van der Waals surface area (Å²) < 4.78 is 28.1. The molecule has 0 aliphatic heterocycles. The van der Waals surface area contributed by atoms with E-state index in [9.17, 15) is 8.42 Å². The van der Waals surface area contributed by atoms with Crippen LogP contribution in [0.3, 0.4) is 0 Å². The van der Waals surface area contributed by atoms with Crippen LogP contribution in [0.15, 0.2) is 39.8 Å². The Morgan fingerprint density at radius 3 is 2.57 bits per heavy atom. The summed E-state index contributed by atoms with van der Waals surface area (Å²) in [7, 11) is -3.68. The second-order valence-corrected chi connectivity index (χ2v) is 7.32. The van der Waals surface area contributed by atoms with Gasteiger partial charge in [-0.3, -0.25) is 4.72 Å². The van der Waals surface area contributed by atoms with E-state index in [1.807, 2.05) is 6.92 Å². The van der Waals surface area contributed by atoms with Crippen molar-refractivity contribution in [2.24, 2.45) is 5.73 Å². The van der Waals surface area contributed by atoms with E-state index in [0.29, 0.717) is 12.4 Å². The number of sulfonamides is 1. The molecule has 0 saturated carbocycles. The Morgan fingerprint density at radius 2 is 1.95 bits per heavy atom. The number of hydrogen-bond acceptors (Lipinski definition) is 4. The van der Waals surface area contributed by atoms with Crippen LogP contribution in [-0.4, -0.2) is 13.4 Å². The van der Waals surface area contributed by atoms with Gasteiger partial charge in [-0.2, -0.15) is 0 Å². The van der Waals surface area contributed by atoms with E-state index in [4.69, 9.17) is 5.73 Å². The van der Waals surface area contributed by atoms with Crippen LogP contribution < -0.4 is 10.5 Å². The third kappa shape index (κ3) is 3.61. The fourth-order valence-corrected chi connectivity index (χ4v) is 3.44. The molecule has 5 nitrogen and oxygen atoms in total. The number of aromatic nitrogens is 1. The maximum atomic E-state index is 12.4. The topological polar surface area (TPSA) is 85.1 Å². The third-order valence-electron chi connectivity index (χ3n) is 3.13. The molecular formula is C14H16BrN3O2S. The Labute approximate surface area is 132 Å². The number of hydrogen-bond donors (Lipinski definition) is 2. The van der Waals surface area contributed by atoms with E-state index in [0.717, 1.165) is 21.2 Å². The van der Waals surface area contributed by atoms with Crippen molar-refractivity contribution in [1.29, 1.82) is 0 Å². The molecule has 3 N–H and O–H groups in total. The lowest BCUT2D eigenvalue weighted by Crippen LogP contribution is -2.15. The number of benzene rings is 1. The zero-order chi connectivity index (χ0) is 15.6. The first-order valence-electron chi connectivity index (χ1n) is 6.28. The number of nitrogens with one attached hydrogen (secondary N) is 1. The van der Waals surface area contributed by atoms with Crippen LogP contribution in [0.4, 0.5) is 5.82 Å². The van der Waals surface area contributed by atoms with Gasteiger partial charge in [0.1, 0.15) is 5.82 Å². The Hall–Kier alpha value is -1.44. The quantitative estimate of drug-likeness (QED) is 0.867.